The van der Waals surface area contributed by atoms with Crippen LogP contribution in [0.5, 0.6) is 11.5 Å². The number of nitrogens with zero attached hydrogens (tertiary/aromatic N) is 2. The normalized spacial score (nSPS) is 30.7. The molecule has 0 unspecified atom stereocenters. The number of methoxy groups -OCH3 is 2. The molecule has 2 aromatic carbocycles. The molecule has 2 saturated carbocycles. The minimum absolute atomic E-state index is 0.0361. The van der Waals surface area contributed by atoms with Gasteiger partial charge >= 0.3 is 0 Å². The van der Waals surface area contributed by atoms with Gasteiger partial charge in [0.15, 0.2) is 5.78 Å². The number of benzene rings is 2. The summed E-state index contributed by atoms with van der Waals surface area (Å²) in [6.45, 7) is 1.49. The lowest BCUT2D eigenvalue weighted by atomic mass is 9.71. The maximum Gasteiger partial charge on any atom is 0.238 e. The van der Waals surface area contributed by atoms with E-state index in [0.717, 1.165) is 17.7 Å². The molecular formula is C26H24N2O6. The first kappa shape index (κ1) is 20.9. The van der Waals surface area contributed by atoms with Crippen molar-refractivity contribution in [1.29, 1.82) is 0 Å². The monoisotopic (exact) mass is 460 g/mol. The van der Waals surface area contributed by atoms with E-state index in [-0.39, 0.29) is 41.5 Å². The van der Waals surface area contributed by atoms with Gasteiger partial charge in [-0.15, -0.1) is 0 Å². The van der Waals surface area contributed by atoms with Gasteiger partial charge in [-0.3, -0.25) is 19.3 Å². The predicted molar refractivity (Wildman–Crippen MR) is 122 cm³/mol. The molecule has 2 heterocycles. The number of anilines is 1. The molecule has 0 N–H and O–H groups in total. The minimum atomic E-state index is -0.404. The highest BCUT2D eigenvalue weighted by atomic mass is 16.6. The molecule has 4 aliphatic rings. The van der Waals surface area contributed by atoms with Crippen LogP contribution in [-0.2, 0) is 14.4 Å². The second kappa shape index (κ2) is 7.41. The molecule has 8 heteroatoms. The Bertz CT molecular complexity index is 1250. The Morgan fingerprint density at radius 3 is 2.32 bits per heavy atom. The fourth-order valence-electron chi connectivity index (χ4n) is 6.46. The molecule has 8 nitrogen and oxygen atoms in total. The molecule has 2 aliphatic carbocycles. The van der Waals surface area contributed by atoms with Gasteiger partial charge in [0.2, 0.25) is 11.8 Å². The molecule has 0 aromatic heterocycles. The number of rotatable bonds is 5. The SMILES string of the molecule is COc1ccc(C2=NO[C@@H]3[C@H]4C[C@@H]([C@@H]23)[C@@H]2C(=O)N(c3ccc(C(C)=O)cc3)C(=O)[C@@H]42)c(OC)c1. The standard InChI is InChI=1S/C26H24N2O6/c1-12(29)13-4-6-14(7-5-13)28-25(30)20-17-11-18(21(20)26(28)31)24-22(17)23(27-34-24)16-9-8-15(32-2)10-19(16)33-3/h4-10,17-18,20-22,24H,11H2,1-3H3/t17-,18+,20+,21+,22+,24-/m1/s1. The van der Waals surface area contributed by atoms with Crippen LogP contribution in [0.3, 0.4) is 0 Å². The number of ketones is 1. The zero-order chi connectivity index (χ0) is 23.7. The highest BCUT2D eigenvalue weighted by Crippen LogP contribution is 2.62. The van der Waals surface area contributed by atoms with Crippen molar-refractivity contribution in [2.75, 3.05) is 19.1 Å². The van der Waals surface area contributed by atoms with E-state index in [1.807, 2.05) is 12.1 Å². The lowest BCUT2D eigenvalue weighted by molar-refractivity contribution is -0.125. The highest BCUT2D eigenvalue weighted by Gasteiger charge is 2.70. The number of hydrogen-bond acceptors (Lipinski definition) is 7. The maximum absolute atomic E-state index is 13.6. The first-order valence-corrected chi connectivity index (χ1v) is 11.4. The quantitative estimate of drug-likeness (QED) is 0.503. The summed E-state index contributed by atoms with van der Waals surface area (Å²) in [5.41, 5.74) is 2.62. The van der Waals surface area contributed by atoms with E-state index in [4.69, 9.17) is 14.3 Å². The number of carbonyl (C=O) groups excluding carboxylic acids is 3. The van der Waals surface area contributed by atoms with Crippen LogP contribution in [0.2, 0.25) is 0 Å². The summed E-state index contributed by atoms with van der Waals surface area (Å²) in [6, 6.07) is 12.2. The maximum atomic E-state index is 13.6. The van der Waals surface area contributed by atoms with Gasteiger partial charge < -0.3 is 14.3 Å². The molecule has 2 amide bonds. The van der Waals surface area contributed by atoms with Crippen LogP contribution in [0, 0.1) is 29.6 Å². The van der Waals surface area contributed by atoms with Gasteiger partial charge in [-0.05, 0) is 55.7 Å². The summed E-state index contributed by atoms with van der Waals surface area (Å²) >= 11 is 0. The number of imide groups is 1. The van der Waals surface area contributed by atoms with Crippen molar-refractivity contribution < 1.29 is 28.7 Å². The van der Waals surface area contributed by atoms with Gasteiger partial charge in [0.05, 0.1) is 37.5 Å². The average molecular weight is 460 g/mol. The second-order valence-electron chi connectivity index (χ2n) is 9.37. The van der Waals surface area contributed by atoms with Crippen LogP contribution in [-0.4, -0.2) is 43.6 Å². The average Bonchev–Trinajstić information content (AvgIpc) is 3.59. The third-order valence-corrected chi connectivity index (χ3v) is 7.91. The molecule has 2 bridgehead atoms. The van der Waals surface area contributed by atoms with Gasteiger partial charge in [-0.1, -0.05) is 5.16 Å². The number of oxime groups is 1. The topological polar surface area (TPSA) is 94.5 Å². The largest absolute Gasteiger partial charge is 0.497 e. The van der Waals surface area contributed by atoms with Crippen molar-refractivity contribution in [3.63, 3.8) is 0 Å². The van der Waals surface area contributed by atoms with Crippen LogP contribution in [0.1, 0.15) is 29.3 Å². The Balaban J connectivity index is 1.32. The third-order valence-electron chi connectivity index (χ3n) is 7.91. The minimum Gasteiger partial charge on any atom is -0.497 e. The zero-order valence-electron chi connectivity index (χ0n) is 19.1. The summed E-state index contributed by atoms with van der Waals surface area (Å²) < 4.78 is 10.9. The number of amides is 2. The Labute approximate surface area is 196 Å². The molecule has 0 radical (unpaired) electrons. The van der Waals surface area contributed by atoms with E-state index in [9.17, 15) is 14.4 Å². The van der Waals surface area contributed by atoms with Gasteiger partial charge in [0, 0.05) is 29.0 Å². The first-order valence-electron chi connectivity index (χ1n) is 11.4. The van der Waals surface area contributed by atoms with Crippen molar-refractivity contribution in [3.05, 3.63) is 53.6 Å². The van der Waals surface area contributed by atoms with Gasteiger partial charge in [-0.25, -0.2) is 0 Å². The number of fused-ring (bicyclic) bond motifs is 8. The Kier molecular flexibility index (Phi) is 4.56. The van der Waals surface area contributed by atoms with Gasteiger partial charge in [0.25, 0.3) is 0 Å². The predicted octanol–water partition coefficient (Wildman–Crippen LogP) is 3.08. The van der Waals surface area contributed by atoms with E-state index < -0.39 is 11.8 Å². The van der Waals surface area contributed by atoms with Crippen molar-refractivity contribution in [2.45, 2.75) is 19.4 Å². The Morgan fingerprint density at radius 1 is 0.971 bits per heavy atom. The summed E-state index contributed by atoms with van der Waals surface area (Å²) in [7, 11) is 3.19. The van der Waals surface area contributed by atoms with Crippen LogP contribution < -0.4 is 14.4 Å². The fraction of sp³-hybridized carbons (Fsp3) is 0.385. The van der Waals surface area contributed by atoms with Crippen molar-refractivity contribution in [3.8, 4) is 11.5 Å². The van der Waals surface area contributed by atoms with Crippen molar-refractivity contribution in [1.82, 2.24) is 0 Å². The molecule has 3 fully saturated rings. The molecule has 1 saturated heterocycles. The summed E-state index contributed by atoms with van der Waals surface area (Å²) in [5, 5.41) is 4.40. The summed E-state index contributed by atoms with van der Waals surface area (Å²) in [4.78, 5) is 45.8. The molecule has 0 spiro atoms. The Morgan fingerprint density at radius 2 is 1.68 bits per heavy atom. The fourth-order valence-corrected chi connectivity index (χ4v) is 6.46. The Hall–Kier alpha value is -3.68. The molecule has 34 heavy (non-hydrogen) atoms. The van der Waals surface area contributed by atoms with E-state index in [0.29, 0.717) is 22.7 Å². The van der Waals surface area contributed by atoms with E-state index in [1.54, 1.807) is 44.6 Å². The van der Waals surface area contributed by atoms with Crippen LogP contribution in [0.15, 0.2) is 47.6 Å². The summed E-state index contributed by atoms with van der Waals surface area (Å²) in [5.74, 6) is -0.109. The van der Waals surface area contributed by atoms with Gasteiger partial charge in [-0.2, -0.15) is 0 Å². The summed E-state index contributed by atoms with van der Waals surface area (Å²) in [6.07, 6.45) is 0.529. The first-order chi connectivity index (χ1) is 16.4. The molecule has 6 rings (SSSR count). The van der Waals surface area contributed by atoms with Crippen LogP contribution >= 0.6 is 0 Å². The van der Waals surface area contributed by atoms with Gasteiger partial charge in [0.1, 0.15) is 17.6 Å². The lowest BCUT2D eigenvalue weighted by Gasteiger charge is -2.30. The number of ether oxygens (including phenoxy) is 2. The van der Waals surface area contributed by atoms with Crippen LogP contribution in [0.25, 0.3) is 0 Å². The van der Waals surface area contributed by atoms with E-state index >= 15 is 0 Å². The van der Waals surface area contributed by atoms with Crippen molar-refractivity contribution >= 4 is 29.0 Å². The van der Waals surface area contributed by atoms with Crippen LogP contribution in [0.4, 0.5) is 5.69 Å². The van der Waals surface area contributed by atoms with E-state index in [1.165, 1.54) is 11.8 Å². The molecular weight excluding hydrogens is 436 g/mol. The molecule has 6 atom stereocenters. The number of Topliss-reactive ketones (excluding diaryl/α,β-unsaturated/α-hetero) is 1. The molecule has 2 aliphatic heterocycles. The number of hydrogen-bond donors (Lipinski definition) is 0. The third kappa shape index (κ3) is 2.71. The molecule has 2 aromatic rings. The molecule has 174 valence electrons. The zero-order valence-corrected chi connectivity index (χ0v) is 19.1. The van der Waals surface area contributed by atoms with E-state index in [2.05, 4.69) is 5.16 Å². The highest BCUT2D eigenvalue weighted by molar-refractivity contribution is 6.23. The second-order valence-corrected chi connectivity index (χ2v) is 9.37. The lowest BCUT2D eigenvalue weighted by Crippen LogP contribution is -2.41. The van der Waals surface area contributed by atoms with Crippen molar-refractivity contribution in [2.24, 2.45) is 34.7 Å². The smallest absolute Gasteiger partial charge is 0.238 e. The number of carbonyl (C=O) groups is 3.